The van der Waals surface area contributed by atoms with Gasteiger partial charge in [0.25, 0.3) is 0 Å². The largest absolute Gasteiger partial charge is 0.341 e. The van der Waals surface area contributed by atoms with Gasteiger partial charge in [0.2, 0.25) is 5.91 Å². The van der Waals surface area contributed by atoms with Gasteiger partial charge in [-0.05, 0) is 39.4 Å². The van der Waals surface area contributed by atoms with Crippen molar-refractivity contribution in [1.82, 2.24) is 4.90 Å². The second-order valence-corrected chi connectivity index (χ2v) is 6.08. The van der Waals surface area contributed by atoms with Crippen molar-refractivity contribution in [2.75, 3.05) is 13.6 Å². The molecule has 0 saturated heterocycles. The zero-order valence-corrected chi connectivity index (χ0v) is 12.0. The summed E-state index contributed by atoms with van der Waals surface area (Å²) in [6, 6.07) is 2.04. The molecule has 0 aliphatic rings. The summed E-state index contributed by atoms with van der Waals surface area (Å²) in [5.41, 5.74) is 6.72. The van der Waals surface area contributed by atoms with E-state index in [0.29, 0.717) is 13.1 Å². The minimum atomic E-state index is -0.0490. The highest BCUT2D eigenvalue weighted by atomic mass is 79.9. The summed E-state index contributed by atoms with van der Waals surface area (Å²) in [5, 5.41) is 2.05. The molecule has 5 heteroatoms. The third-order valence-corrected chi connectivity index (χ3v) is 4.10. The second kappa shape index (κ2) is 6.37. The molecule has 0 bridgehead atoms. The molecular formula is C11H17BrN2OS. The highest BCUT2D eigenvalue weighted by Crippen LogP contribution is 2.21. The van der Waals surface area contributed by atoms with Gasteiger partial charge in [0.05, 0.1) is 9.70 Å². The van der Waals surface area contributed by atoms with E-state index in [4.69, 9.17) is 5.73 Å². The van der Waals surface area contributed by atoms with E-state index in [2.05, 4.69) is 21.3 Å². The molecule has 0 aliphatic heterocycles. The van der Waals surface area contributed by atoms with Crippen molar-refractivity contribution in [3.05, 3.63) is 20.8 Å². The summed E-state index contributed by atoms with van der Waals surface area (Å²) in [4.78, 5) is 13.7. The van der Waals surface area contributed by atoms with Gasteiger partial charge in [-0.2, -0.15) is 0 Å². The molecule has 1 amide bonds. The second-order valence-electron chi connectivity index (χ2n) is 3.79. The Balaban J connectivity index is 2.57. The number of halogens is 1. The fourth-order valence-electron chi connectivity index (χ4n) is 1.53. The van der Waals surface area contributed by atoms with Crippen molar-refractivity contribution in [3.8, 4) is 0 Å². The zero-order valence-electron chi connectivity index (χ0n) is 9.57. The number of hydrogen-bond acceptors (Lipinski definition) is 3. The highest BCUT2D eigenvalue weighted by Gasteiger charge is 2.18. The molecule has 0 saturated carbocycles. The Morgan fingerprint density at radius 3 is 2.81 bits per heavy atom. The Bertz CT molecular complexity index is 350. The first-order chi connectivity index (χ1) is 7.58. The smallest absolute Gasteiger partial charge is 0.226 e. The summed E-state index contributed by atoms with van der Waals surface area (Å²) in [5.74, 6) is 0.0828. The molecule has 16 heavy (non-hydrogen) atoms. The number of nitrogens with two attached hydrogens (primary N) is 1. The van der Waals surface area contributed by atoms with Crippen molar-refractivity contribution in [3.63, 3.8) is 0 Å². The minimum absolute atomic E-state index is 0.0490. The summed E-state index contributed by atoms with van der Waals surface area (Å²) in [6.07, 6.45) is 0.799. The van der Waals surface area contributed by atoms with E-state index in [1.807, 2.05) is 20.0 Å². The van der Waals surface area contributed by atoms with Crippen molar-refractivity contribution < 1.29 is 4.79 Å². The first kappa shape index (κ1) is 13.7. The Kier molecular flexibility index (Phi) is 5.44. The molecule has 1 atom stereocenters. The molecule has 0 fully saturated rings. The molecule has 0 spiro atoms. The predicted octanol–water partition coefficient (Wildman–Crippen LogP) is 2.45. The fraction of sp³-hybridized carbons (Fsp3) is 0.545. The Morgan fingerprint density at radius 1 is 1.69 bits per heavy atom. The molecule has 1 unspecified atom stereocenters. The Morgan fingerprint density at radius 2 is 2.38 bits per heavy atom. The van der Waals surface area contributed by atoms with Gasteiger partial charge in [-0.1, -0.05) is 6.92 Å². The molecule has 1 rings (SSSR count). The van der Waals surface area contributed by atoms with Gasteiger partial charge in [-0.15, -0.1) is 11.3 Å². The lowest BCUT2D eigenvalue weighted by Gasteiger charge is -2.21. The van der Waals surface area contributed by atoms with Crippen LogP contribution in [0.5, 0.6) is 0 Å². The van der Waals surface area contributed by atoms with E-state index in [-0.39, 0.29) is 11.8 Å². The molecule has 3 nitrogen and oxygen atoms in total. The Labute approximate surface area is 109 Å². The van der Waals surface area contributed by atoms with Gasteiger partial charge in [-0.25, -0.2) is 0 Å². The van der Waals surface area contributed by atoms with Crippen LogP contribution in [0.3, 0.4) is 0 Å². The molecule has 1 aromatic heterocycles. The molecule has 1 aromatic rings. The third-order valence-electron chi connectivity index (χ3n) is 2.54. The average Bonchev–Trinajstić information content (AvgIpc) is 2.65. The fourth-order valence-corrected chi connectivity index (χ4v) is 2.73. The first-order valence-corrected chi connectivity index (χ1v) is 6.93. The number of carbonyl (C=O) groups is 1. The van der Waals surface area contributed by atoms with E-state index < -0.39 is 0 Å². The van der Waals surface area contributed by atoms with E-state index in [1.165, 1.54) is 0 Å². The van der Waals surface area contributed by atoms with Crippen molar-refractivity contribution in [2.24, 2.45) is 11.7 Å². The molecule has 1 heterocycles. The van der Waals surface area contributed by atoms with Gasteiger partial charge in [-0.3, -0.25) is 4.79 Å². The van der Waals surface area contributed by atoms with Crippen LogP contribution in [0, 0.1) is 5.92 Å². The van der Waals surface area contributed by atoms with Crippen LogP contribution in [0.2, 0.25) is 0 Å². The number of thiophene rings is 1. The van der Waals surface area contributed by atoms with Gasteiger partial charge in [0.15, 0.2) is 0 Å². The standard InChI is InChI=1S/C11H17BrN2OS/c1-3-9(5-13)11(15)14(2)6-8-4-10(12)16-7-8/h4,7,9H,3,5-6,13H2,1-2H3. The monoisotopic (exact) mass is 304 g/mol. The van der Waals surface area contributed by atoms with E-state index in [0.717, 1.165) is 15.8 Å². The Hall–Kier alpha value is -0.390. The third kappa shape index (κ3) is 3.57. The van der Waals surface area contributed by atoms with Gasteiger partial charge in [0, 0.05) is 20.1 Å². The number of rotatable bonds is 5. The van der Waals surface area contributed by atoms with Crippen LogP contribution >= 0.6 is 27.3 Å². The molecule has 2 N–H and O–H groups in total. The number of carbonyl (C=O) groups excluding carboxylic acids is 1. The summed E-state index contributed by atoms with van der Waals surface area (Å²) in [7, 11) is 1.83. The predicted molar refractivity (Wildman–Crippen MR) is 71.3 cm³/mol. The summed E-state index contributed by atoms with van der Waals surface area (Å²) in [6.45, 7) is 3.06. The maximum atomic E-state index is 12.0. The van der Waals surface area contributed by atoms with E-state index in [9.17, 15) is 4.79 Å². The lowest BCUT2D eigenvalue weighted by Crippen LogP contribution is -2.35. The van der Waals surface area contributed by atoms with E-state index >= 15 is 0 Å². The number of hydrogen-bond donors (Lipinski definition) is 1. The van der Waals surface area contributed by atoms with Crippen molar-refractivity contribution >= 4 is 33.2 Å². The quantitative estimate of drug-likeness (QED) is 0.908. The van der Waals surface area contributed by atoms with Crippen LogP contribution in [-0.2, 0) is 11.3 Å². The van der Waals surface area contributed by atoms with E-state index in [1.54, 1.807) is 16.2 Å². The molecule has 90 valence electrons. The average molecular weight is 305 g/mol. The van der Waals surface area contributed by atoms with Crippen molar-refractivity contribution in [2.45, 2.75) is 19.9 Å². The molecule has 0 aromatic carbocycles. The van der Waals surface area contributed by atoms with Crippen LogP contribution in [0.15, 0.2) is 15.2 Å². The van der Waals surface area contributed by atoms with Crippen LogP contribution in [0.4, 0.5) is 0 Å². The van der Waals surface area contributed by atoms with Gasteiger partial charge in [0.1, 0.15) is 0 Å². The SMILES string of the molecule is CCC(CN)C(=O)N(C)Cc1csc(Br)c1. The maximum Gasteiger partial charge on any atom is 0.226 e. The molecule has 0 radical (unpaired) electrons. The lowest BCUT2D eigenvalue weighted by molar-refractivity contribution is -0.134. The van der Waals surface area contributed by atoms with Crippen LogP contribution < -0.4 is 5.73 Å². The van der Waals surface area contributed by atoms with Crippen molar-refractivity contribution in [1.29, 1.82) is 0 Å². The zero-order chi connectivity index (χ0) is 12.1. The topological polar surface area (TPSA) is 46.3 Å². The highest BCUT2D eigenvalue weighted by molar-refractivity contribution is 9.11. The number of amides is 1. The summed E-state index contributed by atoms with van der Waals surface area (Å²) >= 11 is 5.04. The molecule has 0 aliphatic carbocycles. The molecular weight excluding hydrogens is 288 g/mol. The first-order valence-electron chi connectivity index (χ1n) is 5.26. The van der Waals surface area contributed by atoms with Gasteiger partial charge < -0.3 is 10.6 Å². The van der Waals surface area contributed by atoms with Gasteiger partial charge >= 0.3 is 0 Å². The lowest BCUT2D eigenvalue weighted by atomic mass is 10.1. The minimum Gasteiger partial charge on any atom is -0.341 e. The normalized spacial score (nSPS) is 12.5. The maximum absolute atomic E-state index is 12.0. The van der Waals surface area contributed by atoms with Crippen LogP contribution in [0.1, 0.15) is 18.9 Å². The number of nitrogens with zero attached hydrogens (tertiary/aromatic N) is 1. The summed E-state index contributed by atoms with van der Waals surface area (Å²) < 4.78 is 1.09. The van der Waals surface area contributed by atoms with Crippen LogP contribution in [0.25, 0.3) is 0 Å². The van der Waals surface area contributed by atoms with Crippen LogP contribution in [-0.4, -0.2) is 24.4 Å².